The first-order valence-electron chi connectivity index (χ1n) is 4.82. The van der Waals surface area contributed by atoms with E-state index in [0.717, 1.165) is 15.9 Å². The zero-order chi connectivity index (χ0) is 11.0. The van der Waals surface area contributed by atoms with Gasteiger partial charge in [-0.15, -0.1) is 0 Å². The van der Waals surface area contributed by atoms with E-state index in [2.05, 4.69) is 10.1 Å². The second-order valence-corrected chi connectivity index (χ2v) is 3.93. The van der Waals surface area contributed by atoms with Gasteiger partial charge in [-0.2, -0.15) is 4.98 Å². The van der Waals surface area contributed by atoms with Crippen LogP contribution in [-0.2, 0) is 6.54 Å². The summed E-state index contributed by atoms with van der Waals surface area (Å²) in [5.74, 6) is 0.650. The summed E-state index contributed by atoms with van der Waals surface area (Å²) in [6.45, 7) is 0.584. The fourth-order valence-corrected chi connectivity index (χ4v) is 1.88. The van der Waals surface area contributed by atoms with Crippen LogP contribution in [0, 0.1) is 0 Å². The minimum absolute atomic E-state index is 0.584. The molecule has 0 unspecified atom stereocenters. The lowest BCUT2D eigenvalue weighted by atomic mass is 10.2. The largest absolute Gasteiger partial charge is 0.343 e. The topological polar surface area (TPSA) is 43.9 Å². The molecule has 2 aromatic heterocycles. The highest BCUT2D eigenvalue weighted by Gasteiger charge is 2.04. The average Bonchev–Trinajstić information content (AvgIpc) is 2.90. The molecule has 3 aromatic rings. The van der Waals surface area contributed by atoms with Crippen molar-refractivity contribution in [3.8, 4) is 0 Å². The number of hydrogen-bond acceptors (Lipinski definition) is 3. The molecule has 0 saturated heterocycles. The van der Waals surface area contributed by atoms with Gasteiger partial charge in [0.2, 0.25) is 6.39 Å². The average molecular weight is 234 g/mol. The van der Waals surface area contributed by atoms with E-state index in [1.807, 2.05) is 35.0 Å². The third-order valence-electron chi connectivity index (χ3n) is 2.45. The van der Waals surface area contributed by atoms with Gasteiger partial charge in [0.25, 0.3) is 0 Å². The summed E-state index contributed by atoms with van der Waals surface area (Å²) in [4.78, 5) is 3.99. The van der Waals surface area contributed by atoms with Crippen molar-refractivity contribution in [1.82, 2.24) is 14.7 Å². The Balaban J connectivity index is 2.07. The fourth-order valence-electron chi connectivity index (χ4n) is 1.71. The van der Waals surface area contributed by atoms with Crippen molar-refractivity contribution in [2.24, 2.45) is 0 Å². The van der Waals surface area contributed by atoms with Gasteiger partial charge in [-0.3, -0.25) is 0 Å². The van der Waals surface area contributed by atoms with E-state index in [1.54, 1.807) is 0 Å². The van der Waals surface area contributed by atoms with E-state index in [9.17, 15) is 0 Å². The maximum Gasteiger partial charge on any atom is 0.213 e. The summed E-state index contributed by atoms with van der Waals surface area (Å²) in [7, 11) is 0. The summed E-state index contributed by atoms with van der Waals surface area (Å²) < 4.78 is 6.73. The number of aromatic nitrogens is 3. The van der Waals surface area contributed by atoms with Gasteiger partial charge >= 0.3 is 0 Å². The summed E-state index contributed by atoms with van der Waals surface area (Å²) in [6.07, 6.45) is 3.31. The van der Waals surface area contributed by atoms with E-state index in [4.69, 9.17) is 16.1 Å². The monoisotopic (exact) mass is 233 g/mol. The highest BCUT2D eigenvalue weighted by Crippen LogP contribution is 2.20. The van der Waals surface area contributed by atoms with Crippen LogP contribution in [0.2, 0.25) is 5.02 Å². The number of fused-ring (bicyclic) bond motifs is 1. The first-order chi connectivity index (χ1) is 7.83. The Morgan fingerprint density at radius 2 is 2.25 bits per heavy atom. The van der Waals surface area contributed by atoms with E-state index in [1.165, 1.54) is 6.39 Å². The number of nitrogens with zero attached hydrogens (tertiary/aromatic N) is 3. The van der Waals surface area contributed by atoms with E-state index >= 15 is 0 Å². The van der Waals surface area contributed by atoms with Crippen LogP contribution in [0.5, 0.6) is 0 Å². The molecule has 0 N–H and O–H groups in total. The van der Waals surface area contributed by atoms with Gasteiger partial charge in [-0.1, -0.05) is 22.8 Å². The standard InChI is InChI=1S/C11H8ClN3O/c12-9-2-1-8-3-4-15(10(8)5-9)6-11-13-7-16-14-11/h1-5,7H,6H2. The van der Waals surface area contributed by atoms with Crippen molar-refractivity contribution in [3.05, 3.63) is 47.7 Å². The van der Waals surface area contributed by atoms with E-state index < -0.39 is 0 Å². The smallest absolute Gasteiger partial charge is 0.213 e. The van der Waals surface area contributed by atoms with Crippen LogP contribution in [0.1, 0.15) is 5.82 Å². The van der Waals surface area contributed by atoms with Crippen LogP contribution >= 0.6 is 11.6 Å². The van der Waals surface area contributed by atoms with Crippen molar-refractivity contribution < 1.29 is 4.52 Å². The number of hydrogen-bond donors (Lipinski definition) is 0. The molecule has 3 rings (SSSR count). The zero-order valence-electron chi connectivity index (χ0n) is 8.30. The van der Waals surface area contributed by atoms with Crippen LogP contribution < -0.4 is 0 Å². The summed E-state index contributed by atoms with van der Waals surface area (Å²) in [5.41, 5.74) is 1.07. The molecule has 0 spiro atoms. The highest BCUT2D eigenvalue weighted by molar-refractivity contribution is 6.31. The van der Waals surface area contributed by atoms with Gasteiger partial charge in [0.1, 0.15) is 0 Å². The summed E-state index contributed by atoms with van der Waals surface area (Å²) >= 11 is 5.97. The third kappa shape index (κ3) is 1.57. The molecule has 0 aliphatic carbocycles. The van der Waals surface area contributed by atoms with Gasteiger partial charge < -0.3 is 9.09 Å². The Labute approximate surface area is 96.4 Å². The Morgan fingerprint density at radius 3 is 3.06 bits per heavy atom. The van der Waals surface area contributed by atoms with Crippen LogP contribution in [0.3, 0.4) is 0 Å². The SMILES string of the molecule is Clc1ccc2ccn(Cc3ncon3)c2c1. The van der Waals surface area contributed by atoms with E-state index in [-0.39, 0.29) is 0 Å². The van der Waals surface area contributed by atoms with Gasteiger partial charge in [-0.25, -0.2) is 0 Å². The molecule has 1 aromatic carbocycles. The quantitative estimate of drug-likeness (QED) is 0.684. The Hall–Kier alpha value is -1.81. The predicted octanol–water partition coefficient (Wildman–Crippen LogP) is 2.73. The van der Waals surface area contributed by atoms with Crippen LogP contribution in [0.15, 0.2) is 41.4 Å². The van der Waals surface area contributed by atoms with Crippen LogP contribution in [0.4, 0.5) is 0 Å². The number of rotatable bonds is 2. The Bertz CT molecular complexity index is 615. The normalized spacial score (nSPS) is 11.1. The van der Waals surface area contributed by atoms with Crippen molar-refractivity contribution in [2.75, 3.05) is 0 Å². The van der Waals surface area contributed by atoms with Gasteiger partial charge in [-0.05, 0) is 23.6 Å². The maximum absolute atomic E-state index is 5.97. The summed E-state index contributed by atoms with van der Waals surface area (Å²) in [6, 6.07) is 7.83. The molecule has 0 fully saturated rings. The lowest BCUT2D eigenvalue weighted by Gasteiger charge is -2.01. The second-order valence-electron chi connectivity index (χ2n) is 3.49. The fraction of sp³-hybridized carbons (Fsp3) is 0.0909. The van der Waals surface area contributed by atoms with Gasteiger partial charge in [0.15, 0.2) is 5.82 Å². The molecule has 0 atom stereocenters. The molecule has 0 saturated carbocycles. The molecular weight excluding hydrogens is 226 g/mol. The Morgan fingerprint density at radius 1 is 1.31 bits per heavy atom. The van der Waals surface area contributed by atoms with Crippen molar-refractivity contribution in [3.63, 3.8) is 0 Å². The van der Waals surface area contributed by atoms with Crippen LogP contribution in [-0.4, -0.2) is 14.7 Å². The van der Waals surface area contributed by atoms with Gasteiger partial charge in [0, 0.05) is 16.7 Å². The minimum atomic E-state index is 0.584. The molecule has 0 bridgehead atoms. The molecule has 0 radical (unpaired) electrons. The first-order valence-corrected chi connectivity index (χ1v) is 5.20. The molecule has 0 aliphatic rings. The molecule has 2 heterocycles. The molecule has 80 valence electrons. The molecule has 16 heavy (non-hydrogen) atoms. The van der Waals surface area contributed by atoms with Crippen LogP contribution in [0.25, 0.3) is 10.9 Å². The first kappa shape index (κ1) is 9.42. The van der Waals surface area contributed by atoms with Crippen molar-refractivity contribution in [1.29, 1.82) is 0 Å². The molecular formula is C11H8ClN3O. The molecule has 4 nitrogen and oxygen atoms in total. The lowest BCUT2D eigenvalue weighted by molar-refractivity contribution is 0.408. The summed E-state index contributed by atoms with van der Waals surface area (Å²) in [5, 5.41) is 5.65. The molecule has 0 amide bonds. The second kappa shape index (κ2) is 3.64. The molecule has 0 aliphatic heterocycles. The number of benzene rings is 1. The Kier molecular flexibility index (Phi) is 2.15. The van der Waals surface area contributed by atoms with E-state index in [0.29, 0.717) is 12.4 Å². The van der Waals surface area contributed by atoms with Crippen molar-refractivity contribution in [2.45, 2.75) is 6.54 Å². The maximum atomic E-state index is 5.97. The number of halogens is 1. The highest BCUT2D eigenvalue weighted by atomic mass is 35.5. The zero-order valence-corrected chi connectivity index (χ0v) is 9.05. The van der Waals surface area contributed by atoms with Gasteiger partial charge in [0.05, 0.1) is 6.54 Å². The third-order valence-corrected chi connectivity index (χ3v) is 2.69. The van der Waals surface area contributed by atoms with Crippen molar-refractivity contribution >= 4 is 22.5 Å². The minimum Gasteiger partial charge on any atom is -0.343 e. The predicted molar refractivity (Wildman–Crippen MR) is 60.3 cm³/mol. The molecule has 5 heteroatoms. The lowest BCUT2D eigenvalue weighted by Crippen LogP contribution is -1.99.